The molecule has 0 bridgehead atoms. The minimum Gasteiger partial charge on any atom is -0.346 e. The number of H-pyrrole nitrogens is 1. The first kappa shape index (κ1) is 19.0. The zero-order valence-electron chi connectivity index (χ0n) is 16.7. The summed E-state index contributed by atoms with van der Waals surface area (Å²) in [6.07, 6.45) is 3.86. The Hall–Kier alpha value is -4.01. The summed E-state index contributed by atoms with van der Waals surface area (Å²) in [5.41, 5.74) is 3.92. The van der Waals surface area contributed by atoms with Crippen molar-refractivity contribution in [1.82, 2.24) is 20.2 Å². The van der Waals surface area contributed by atoms with Gasteiger partial charge in [-0.2, -0.15) is 0 Å². The molecule has 0 aliphatic carbocycles. The van der Waals surface area contributed by atoms with Crippen LogP contribution < -0.4 is 10.6 Å². The smallest absolute Gasteiger partial charge is 0.257 e. The Balaban J connectivity index is 1.35. The molecular formula is C22H19N5O4. The van der Waals surface area contributed by atoms with Gasteiger partial charge in [0.05, 0.1) is 5.56 Å². The van der Waals surface area contributed by atoms with Gasteiger partial charge in [-0.25, -0.2) is 4.98 Å². The number of hydrogen-bond donors (Lipinski definition) is 3. The number of nitrogens with one attached hydrogen (secondary N) is 3. The highest BCUT2D eigenvalue weighted by atomic mass is 16.2. The maximum atomic E-state index is 12.8. The van der Waals surface area contributed by atoms with E-state index in [1.54, 1.807) is 24.3 Å². The average Bonchev–Trinajstić information content (AvgIpc) is 3.27. The van der Waals surface area contributed by atoms with E-state index in [9.17, 15) is 19.2 Å². The van der Waals surface area contributed by atoms with Crippen molar-refractivity contribution in [3.05, 3.63) is 58.9 Å². The summed E-state index contributed by atoms with van der Waals surface area (Å²) in [6, 6.07) is 6.17. The van der Waals surface area contributed by atoms with Gasteiger partial charge in [-0.1, -0.05) is 0 Å². The molecule has 2 aliphatic heterocycles. The van der Waals surface area contributed by atoms with E-state index < -0.39 is 11.9 Å². The van der Waals surface area contributed by atoms with Gasteiger partial charge in [0, 0.05) is 42.0 Å². The van der Waals surface area contributed by atoms with Crippen molar-refractivity contribution in [3.63, 3.8) is 0 Å². The lowest BCUT2D eigenvalue weighted by molar-refractivity contribution is -0.136. The SMILES string of the molecule is Cc1c[nH]c2ncc(C(=O)Nc3ccc4c(c3)CN(C3CCC(=O)NC3=O)C4=O)cc12. The first-order valence-electron chi connectivity index (χ1n) is 9.93. The molecule has 31 heavy (non-hydrogen) atoms. The predicted molar refractivity (Wildman–Crippen MR) is 111 cm³/mol. The van der Waals surface area contributed by atoms with Crippen LogP contribution in [-0.2, 0) is 16.1 Å². The maximum Gasteiger partial charge on any atom is 0.257 e. The number of anilines is 1. The van der Waals surface area contributed by atoms with Crippen molar-refractivity contribution < 1.29 is 19.2 Å². The Kier molecular flexibility index (Phi) is 4.32. The minimum absolute atomic E-state index is 0.205. The van der Waals surface area contributed by atoms with Crippen LogP contribution in [0.3, 0.4) is 0 Å². The van der Waals surface area contributed by atoms with Crippen molar-refractivity contribution in [1.29, 1.82) is 0 Å². The number of aromatic nitrogens is 2. The van der Waals surface area contributed by atoms with Gasteiger partial charge in [0.2, 0.25) is 11.8 Å². The number of hydrogen-bond acceptors (Lipinski definition) is 5. The van der Waals surface area contributed by atoms with Crippen LogP contribution in [0.15, 0.2) is 36.7 Å². The predicted octanol–water partition coefficient (Wildman–Crippen LogP) is 1.88. The van der Waals surface area contributed by atoms with Crippen molar-refractivity contribution in [2.24, 2.45) is 0 Å². The third kappa shape index (κ3) is 3.24. The standard InChI is InChI=1S/C22H19N5O4/c1-11-8-23-19-16(11)7-12(9-24-19)20(29)25-14-2-3-15-13(6-14)10-27(22(15)31)17-4-5-18(28)26-21(17)30/h2-3,6-9,17H,4-5,10H2,1H3,(H,23,24)(H,25,29)(H,26,28,30). The molecule has 0 radical (unpaired) electrons. The number of aromatic amines is 1. The highest BCUT2D eigenvalue weighted by Crippen LogP contribution is 2.29. The fraction of sp³-hybridized carbons (Fsp3) is 0.227. The summed E-state index contributed by atoms with van der Waals surface area (Å²) < 4.78 is 0. The van der Waals surface area contributed by atoms with Crippen LogP contribution in [0.5, 0.6) is 0 Å². The number of carbonyl (C=O) groups is 4. The molecule has 3 N–H and O–H groups in total. The van der Waals surface area contributed by atoms with Crippen molar-refractivity contribution in [3.8, 4) is 0 Å². The number of amides is 4. The number of pyridine rings is 1. The fourth-order valence-corrected chi connectivity index (χ4v) is 4.11. The summed E-state index contributed by atoms with van der Waals surface area (Å²) in [6.45, 7) is 2.19. The minimum atomic E-state index is -0.668. The Labute approximate surface area is 176 Å². The van der Waals surface area contributed by atoms with E-state index >= 15 is 0 Å². The second kappa shape index (κ2) is 7.05. The van der Waals surface area contributed by atoms with Gasteiger partial charge in [0.1, 0.15) is 11.7 Å². The Morgan fingerprint density at radius 3 is 2.87 bits per heavy atom. The number of carbonyl (C=O) groups excluding carboxylic acids is 4. The van der Waals surface area contributed by atoms with Crippen molar-refractivity contribution in [2.45, 2.75) is 32.4 Å². The first-order chi connectivity index (χ1) is 14.9. The number of piperidine rings is 1. The normalized spacial score (nSPS) is 18.3. The van der Waals surface area contributed by atoms with E-state index in [-0.39, 0.29) is 30.7 Å². The van der Waals surface area contributed by atoms with E-state index in [1.165, 1.54) is 11.1 Å². The second-order valence-corrected chi connectivity index (χ2v) is 7.82. The molecule has 5 rings (SSSR count). The van der Waals surface area contributed by atoms with Crippen LogP contribution in [0.1, 0.15) is 44.7 Å². The van der Waals surface area contributed by atoms with Gasteiger partial charge < -0.3 is 15.2 Å². The number of aryl methyl sites for hydroxylation is 1. The molecule has 1 unspecified atom stereocenters. The zero-order valence-corrected chi connectivity index (χ0v) is 16.7. The van der Waals surface area contributed by atoms with Crippen molar-refractivity contribution in [2.75, 3.05) is 5.32 Å². The van der Waals surface area contributed by atoms with E-state index in [0.29, 0.717) is 23.2 Å². The largest absolute Gasteiger partial charge is 0.346 e. The lowest BCUT2D eigenvalue weighted by Crippen LogP contribution is -2.52. The van der Waals surface area contributed by atoms with Gasteiger partial charge in [-0.3, -0.25) is 24.5 Å². The number of benzene rings is 1. The van der Waals surface area contributed by atoms with Crippen molar-refractivity contribution >= 4 is 40.3 Å². The van der Waals surface area contributed by atoms with Crippen LogP contribution in [0.4, 0.5) is 5.69 Å². The zero-order chi connectivity index (χ0) is 21.7. The average molecular weight is 417 g/mol. The molecule has 1 aromatic carbocycles. The molecule has 1 fully saturated rings. The summed E-state index contributed by atoms with van der Waals surface area (Å²) in [5.74, 6) is -1.33. The Morgan fingerprint density at radius 2 is 2.06 bits per heavy atom. The molecule has 4 heterocycles. The topological polar surface area (TPSA) is 124 Å². The van der Waals surface area contributed by atoms with Crippen LogP contribution in [0.25, 0.3) is 11.0 Å². The maximum absolute atomic E-state index is 12.8. The summed E-state index contributed by atoms with van der Waals surface area (Å²) >= 11 is 0. The Bertz CT molecular complexity index is 1280. The highest BCUT2D eigenvalue weighted by Gasteiger charge is 2.39. The monoisotopic (exact) mass is 417 g/mol. The Morgan fingerprint density at radius 1 is 1.23 bits per heavy atom. The molecule has 9 heteroatoms. The van der Waals surface area contributed by atoms with Crippen LogP contribution >= 0.6 is 0 Å². The molecule has 0 spiro atoms. The lowest BCUT2D eigenvalue weighted by Gasteiger charge is -2.29. The summed E-state index contributed by atoms with van der Waals surface area (Å²) in [5, 5.41) is 6.01. The molecule has 1 saturated heterocycles. The number of fused-ring (bicyclic) bond motifs is 2. The van der Waals surface area contributed by atoms with Gasteiger partial charge in [0.15, 0.2) is 0 Å². The second-order valence-electron chi connectivity index (χ2n) is 7.82. The summed E-state index contributed by atoms with van der Waals surface area (Å²) in [7, 11) is 0. The number of imide groups is 1. The van der Waals surface area contributed by atoms with Crippen LogP contribution in [0.2, 0.25) is 0 Å². The quantitative estimate of drug-likeness (QED) is 0.562. The number of rotatable bonds is 3. The van der Waals surface area contributed by atoms with Gasteiger partial charge in [-0.05, 0) is 48.7 Å². The third-order valence-electron chi connectivity index (χ3n) is 5.78. The molecule has 156 valence electrons. The summed E-state index contributed by atoms with van der Waals surface area (Å²) in [4.78, 5) is 57.8. The fourth-order valence-electron chi connectivity index (χ4n) is 4.11. The molecule has 1 atom stereocenters. The first-order valence-corrected chi connectivity index (χ1v) is 9.93. The third-order valence-corrected chi connectivity index (χ3v) is 5.78. The molecule has 3 aromatic rings. The molecule has 2 aliphatic rings. The van der Waals surface area contributed by atoms with Crippen LogP contribution in [-0.4, -0.2) is 44.5 Å². The van der Waals surface area contributed by atoms with Gasteiger partial charge in [0.25, 0.3) is 11.8 Å². The molecule has 9 nitrogen and oxygen atoms in total. The van der Waals surface area contributed by atoms with Crippen LogP contribution in [0, 0.1) is 6.92 Å². The molecular weight excluding hydrogens is 398 g/mol. The van der Waals surface area contributed by atoms with E-state index in [0.717, 1.165) is 22.2 Å². The van der Waals surface area contributed by atoms with E-state index in [2.05, 4.69) is 20.6 Å². The molecule has 4 amide bonds. The van der Waals surface area contributed by atoms with Gasteiger partial charge in [-0.15, -0.1) is 0 Å². The van der Waals surface area contributed by atoms with E-state index in [1.807, 2.05) is 13.1 Å². The highest BCUT2D eigenvalue weighted by molar-refractivity contribution is 6.07. The lowest BCUT2D eigenvalue weighted by atomic mass is 10.0. The molecule has 0 saturated carbocycles. The number of nitrogens with zero attached hydrogens (tertiary/aromatic N) is 2. The van der Waals surface area contributed by atoms with E-state index in [4.69, 9.17) is 0 Å². The van der Waals surface area contributed by atoms with Gasteiger partial charge >= 0.3 is 0 Å². The molecule has 2 aromatic heterocycles.